The van der Waals surface area contributed by atoms with Crippen molar-refractivity contribution in [1.29, 1.82) is 0 Å². The first-order valence-electron chi connectivity index (χ1n) is 7.06. The standard InChI is InChI=1S/C15H24N2O/c1-3-17-15(10-13-6-4-5-9-18-13)14-11-16-8-7-12(14)2/h7-8,11,13,15,17H,3-6,9-10H2,1-2H3. The Labute approximate surface area is 110 Å². The third-order valence-corrected chi connectivity index (χ3v) is 3.68. The van der Waals surface area contributed by atoms with E-state index in [4.69, 9.17) is 4.74 Å². The van der Waals surface area contributed by atoms with Gasteiger partial charge in [-0.25, -0.2) is 0 Å². The second-order valence-electron chi connectivity index (χ2n) is 5.07. The van der Waals surface area contributed by atoms with Crippen LogP contribution in [-0.2, 0) is 4.74 Å². The number of nitrogens with one attached hydrogen (secondary N) is 1. The van der Waals surface area contributed by atoms with Crippen molar-refractivity contribution in [2.24, 2.45) is 0 Å². The molecule has 1 aromatic rings. The molecule has 0 spiro atoms. The summed E-state index contributed by atoms with van der Waals surface area (Å²) in [5.41, 5.74) is 2.63. The van der Waals surface area contributed by atoms with Crippen molar-refractivity contribution in [3.8, 4) is 0 Å². The summed E-state index contributed by atoms with van der Waals surface area (Å²) in [7, 11) is 0. The summed E-state index contributed by atoms with van der Waals surface area (Å²) in [5.74, 6) is 0. The quantitative estimate of drug-likeness (QED) is 0.869. The third kappa shape index (κ3) is 3.53. The molecule has 0 saturated carbocycles. The molecule has 1 aromatic heterocycles. The molecular formula is C15H24N2O. The Hall–Kier alpha value is -0.930. The molecule has 3 nitrogen and oxygen atoms in total. The first-order valence-corrected chi connectivity index (χ1v) is 7.06. The number of aromatic nitrogens is 1. The third-order valence-electron chi connectivity index (χ3n) is 3.68. The fourth-order valence-electron chi connectivity index (χ4n) is 2.66. The minimum Gasteiger partial charge on any atom is -0.378 e. The first-order chi connectivity index (χ1) is 8.81. The number of rotatable bonds is 5. The van der Waals surface area contributed by atoms with E-state index in [1.165, 1.54) is 30.4 Å². The summed E-state index contributed by atoms with van der Waals surface area (Å²) in [6, 6.07) is 2.45. The van der Waals surface area contributed by atoms with E-state index < -0.39 is 0 Å². The summed E-state index contributed by atoms with van der Waals surface area (Å²) in [4.78, 5) is 4.26. The van der Waals surface area contributed by atoms with Crippen molar-refractivity contribution in [3.63, 3.8) is 0 Å². The Morgan fingerprint density at radius 3 is 3.06 bits per heavy atom. The van der Waals surface area contributed by atoms with Gasteiger partial charge < -0.3 is 10.1 Å². The highest BCUT2D eigenvalue weighted by Gasteiger charge is 2.21. The van der Waals surface area contributed by atoms with Crippen LogP contribution in [0, 0.1) is 6.92 Å². The summed E-state index contributed by atoms with van der Waals surface area (Å²) in [5, 5.41) is 3.57. The van der Waals surface area contributed by atoms with Crippen molar-refractivity contribution < 1.29 is 4.74 Å². The molecule has 1 fully saturated rings. The normalized spacial score (nSPS) is 21.8. The maximum Gasteiger partial charge on any atom is 0.0593 e. The number of hydrogen-bond acceptors (Lipinski definition) is 3. The van der Waals surface area contributed by atoms with Gasteiger partial charge in [0.2, 0.25) is 0 Å². The molecule has 18 heavy (non-hydrogen) atoms. The molecule has 2 atom stereocenters. The molecule has 3 heteroatoms. The number of nitrogens with zero attached hydrogens (tertiary/aromatic N) is 1. The molecule has 0 aromatic carbocycles. The van der Waals surface area contributed by atoms with Crippen LogP contribution in [0.25, 0.3) is 0 Å². The summed E-state index contributed by atoms with van der Waals surface area (Å²) in [6.45, 7) is 6.21. The van der Waals surface area contributed by atoms with Gasteiger partial charge in [0.25, 0.3) is 0 Å². The molecule has 2 unspecified atom stereocenters. The topological polar surface area (TPSA) is 34.1 Å². The maximum absolute atomic E-state index is 5.86. The maximum atomic E-state index is 5.86. The van der Waals surface area contributed by atoms with Gasteiger partial charge in [0, 0.05) is 25.0 Å². The molecule has 1 aliphatic heterocycles. The van der Waals surface area contributed by atoms with E-state index in [0.29, 0.717) is 12.1 Å². The van der Waals surface area contributed by atoms with E-state index in [2.05, 4.69) is 30.2 Å². The number of hydrogen-bond donors (Lipinski definition) is 1. The lowest BCUT2D eigenvalue weighted by Gasteiger charge is -2.28. The van der Waals surface area contributed by atoms with Gasteiger partial charge in [-0.1, -0.05) is 6.92 Å². The molecule has 1 N–H and O–H groups in total. The van der Waals surface area contributed by atoms with Crippen LogP contribution < -0.4 is 5.32 Å². The summed E-state index contributed by atoms with van der Waals surface area (Å²) in [6.07, 6.45) is 9.03. The van der Waals surface area contributed by atoms with Gasteiger partial charge in [0.1, 0.15) is 0 Å². The molecule has 100 valence electrons. The summed E-state index contributed by atoms with van der Waals surface area (Å²) < 4.78 is 5.86. The predicted octanol–water partition coefficient (Wildman–Crippen LogP) is 3.00. The Bertz CT molecular complexity index is 361. The van der Waals surface area contributed by atoms with E-state index in [1.54, 1.807) is 0 Å². The summed E-state index contributed by atoms with van der Waals surface area (Å²) >= 11 is 0. The van der Waals surface area contributed by atoms with Crippen LogP contribution >= 0.6 is 0 Å². The average molecular weight is 248 g/mol. The van der Waals surface area contributed by atoms with Crippen LogP contribution in [0.4, 0.5) is 0 Å². The average Bonchev–Trinajstić information content (AvgIpc) is 2.40. The van der Waals surface area contributed by atoms with Crippen LogP contribution in [0.5, 0.6) is 0 Å². The fourth-order valence-corrected chi connectivity index (χ4v) is 2.66. The van der Waals surface area contributed by atoms with Gasteiger partial charge in [0.15, 0.2) is 0 Å². The predicted molar refractivity (Wildman–Crippen MR) is 73.6 cm³/mol. The minimum absolute atomic E-state index is 0.367. The monoisotopic (exact) mass is 248 g/mol. The lowest BCUT2D eigenvalue weighted by molar-refractivity contribution is 0.00509. The van der Waals surface area contributed by atoms with E-state index in [0.717, 1.165) is 19.6 Å². The zero-order chi connectivity index (χ0) is 12.8. The van der Waals surface area contributed by atoms with Crippen molar-refractivity contribution in [1.82, 2.24) is 10.3 Å². The largest absolute Gasteiger partial charge is 0.378 e. The van der Waals surface area contributed by atoms with Crippen molar-refractivity contribution in [2.45, 2.75) is 51.7 Å². The molecule has 1 aliphatic rings. The zero-order valence-corrected chi connectivity index (χ0v) is 11.5. The molecule has 0 aliphatic carbocycles. The Balaban J connectivity index is 2.05. The molecule has 2 heterocycles. The van der Waals surface area contributed by atoms with Crippen LogP contribution in [0.2, 0.25) is 0 Å². The van der Waals surface area contributed by atoms with Gasteiger partial charge in [-0.2, -0.15) is 0 Å². The van der Waals surface area contributed by atoms with Gasteiger partial charge in [-0.05, 0) is 56.3 Å². The highest BCUT2D eigenvalue weighted by atomic mass is 16.5. The highest BCUT2D eigenvalue weighted by molar-refractivity contribution is 5.25. The van der Waals surface area contributed by atoms with Crippen LogP contribution in [0.1, 0.15) is 49.8 Å². The zero-order valence-electron chi connectivity index (χ0n) is 11.5. The van der Waals surface area contributed by atoms with Crippen LogP contribution in [-0.4, -0.2) is 24.2 Å². The van der Waals surface area contributed by atoms with Crippen LogP contribution in [0.15, 0.2) is 18.5 Å². The highest BCUT2D eigenvalue weighted by Crippen LogP contribution is 2.26. The lowest BCUT2D eigenvalue weighted by Crippen LogP contribution is -2.29. The van der Waals surface area contributed by atoms with E-state index in [-0.39, 0.29) is 0 Å². The second-order valence-corrected chi connectivity index (χ2v) is 5.07. The van der Waals surface area contributed by atoms with Crippen molar-refractivity contribution in [2.75, 3.05) is 13.2 Å². The van der Waals surface area contributed by atoms with E-state index in [9.17, 15) is 0 Å². The van der Waals surface area contributed by atoms with E-state index in [1.807, 2.05) is 12.4 Å². The first kappa shape index (κ1) is 13.5. The molecule has 2 rings (SSSR count). The Morgan fingerprint density at radius 1 is 1.50 bits per heavy atom. The van der Waals surface area contributed by atoms with Crippen molar-refractivity contribution in [3.05, 3.63) is 29.6 Å². The Morgan fingerprint density at radius 2 is 2.39 bits per heavy atom. The molecule has 0 bridgehead atoms. The van der Waals surface area contributed by atoms with Crippen molar-refractivity contribution >= 4 is 0 Å². The van der Waals surface area contributed by atoms with Gasteiger partial charge in [-0.3, -0.25) is 4.98 Å². The van der Waals surface area contributed by atoms with Gasteiger partial charge >= 0.3 is 0 Å². The lowest BCUT2D eigenvalue weighted by atomic mass is 9.95. The fraction of sp³-hybridized carbons (Fsp3) is 0.667. The number of ether oxygens (including phenoxy) is 1. The molecule has 0 amide bonds. The molecule has 1 saturated heterocycles. The van der Waals surface area contributed by atoms with E-state index >= 15 is 0 Å². The minimum atomic E-state index is 0.367. The van der Waals surface area contributed by atoms with Gasteiger partial charge in [-0.15, -0.1) is 0 Å². The van der Waals surface area contributed by atoms with Gasteiger partial charge in [0.05, 0.1) is 6.10 Å². The number of pyridine rings is 1. The smallest absolute Gasteiger partial charge is 0.0593 e. The molecule has 0 radical (unpaired) electrons. The number of aryl methyl sites for hydroxylation is 1. The second kappa shape index (κ2) is 6.86. The molecular weight excluding hydrogens is 224 g/mol. The Kier molecular flexibility index (Phi) is 5.14. The van der Waals surface area contributed by atoms with Crippen LogP contribution in [0.3, 0.4) is 0 Å². The SMILES string of the molecule is CCNC(CC1CCCCO1)c1cnccc1C.